The van der Waals surface area contributed by atoms with Gasteiger partial charge in [0.2, 0.25) is 11.8 Å². The minimum absolute atomic E-state index is 0.266. The predicted octanol–water partition coefficient (Wildman–Crippen LogP) is 2.19. The van der Waals surface area contributed by atoms with Crippen LogP contribution in [0.2, 0.25) is 0 Å². The molecule has 1 fully saturated rings. The normalized spacial score (nSPS) is 14.0. The van der Waals surface area contributed by atoms with Gasteiger partial charge in [-0.2, -0.15) is 4.98 Å². The van der Waals surface area contributed by atoms with Crippen molar-refractivity contribution >= 4 is 23.4 Å². The molecule has 0 aliphatic carbocycles. The number of ether oxygens (including phenoxy) is 1. The van der Waals surface area contributed by atoms with Gasteiger partial charge < -0.3 is 19.9 Å². The summed E-state index contributed by atoms with van der Waals surface area (Å²) in [4.78, 5) is 29.7. The average Bonchev–Trinajstić information content (AvgIpc) is 2.68. The zero-order chi connectivity index (χ0) is 18.5. The molecule has 3 rings (SSSR count). The van der Waals surface area contributed by atoms with Gasteiger partial charge in [-0.25, -0.2) is 9.97 Å². The number of anilines is 3. The molecule has 26 heavy (non-hydrogen) atoms. The summed E-state index contributed by atoms with van der Waals surface area (Å²) >= 11 is 0. The monoisotopic (exact) mass is 356 g/mol. The van der Waals surface area contributed by atoms with E-state index in [1.807, 2.05) is 19.0 Å². The second kappa shape index (κ2) is 7.99. The molecule has 1 amide bonds. The molecule has 2 aromatic rings. The van der Waals surface area contributed by atoms with E-state index in [0.717, 1.165) is 25.9 Å². The van der Waals surface area contributed by atoms with Crippen LogP contribution in [0.5, 0.6) is 5.88 Å². The van der Waals surface area contributed by atoms with Crippen LogP contribution in [0.15, 0.2) is 24.5 Å². The van der Waals surface area contributed by atoms with E-state index in [1.165, 1.54) is 19.7 Å². The molecule has 0 saturated carbocycles. The number of amides is 1. The van der Waals surface area contributed by atoms with Gasteiger partial charge in [-0.1, -0.05) is 0 Å². The fourth-order valence-electron chi connectivity index (χ4n) is 2.87. The molecule has 2 aromatic heterocycles. The first-order valence-electron chi connectivity index (χ1n) is 8.69. The van der Waals surface area contributed by atoms with Crippen LogP contribution in [0, 0.1) is 0 Å². The first-order chi connectivity index (χ1) is 12.6. The highest BCUT2D eigenvalue weighted by Gasteiger charge is 2.18. The largest absolute Gasteiger partial charge is 0.481 e. The number of nitrogens with zero attached hydrogens (tertiary/aromatic N) is 5. The SMILES string of the molecule is COc1ccc(C(=O)Nc2cnc(N3CCCCC3)nc2N(C)C)cn1. The number of rotatable bonds is 5. The van der Waals surface area contributed by atoms with E-state index in [9.17, 15) is 4.79 Å². The average molecular weight is 356 g/mol. The molecule has 0 spiro atoms. The zero-order valence-corrected chi connectivity index (χ0v) is 15.4. The standard InChI is InChI=1S/C18H24N6O2/c1-23(2)16-14(12-20-18(22-16)24-9-5-4-6-10-24)21-17(25)13-7-8-15(26-3)19-11-13/h7-8,11-12H,4-6,9-10H2,1-3H3,(H,21,25). The van der Waals surface area contributed by atoms with E-state index in [4.69, 9.17) is 4.74 Å². The molecule has 1 N–H and O–H groups in total. The van der Waals surface area contributed by atoms with Crippen LogP contribution in [-0.2, 0) is 0 Å². The van der Waals surface area contributed by atoms with E-state index in [2.05, 4.69) is 25.2 Å². The molecule has 0 radical (unpaired) electrons. The van der Waals surface area contributed by atoms with Crippen LogP contribution in [0.3, 0.4) is 0 Å². The summed E-state index contributed by atoms with van der Waals surface area (Å²) in [7, 11) is 5.33. The third kappa shape index (κ3) is 4.01. The van der Waals surface area contributed by atoms with Crippen LogP contribution in [-0.4, -0.2) is 55.2 Å². The van der Waals surface area contributed by atoms with Crippen LogP contribution < -0.4 is 19.9 Å². The van der Waals surface area contributed by atoms with E-state index in [-0.39, 0.29) is 5.91 Å². The fourth-order valence-corrected chi connectivity index (χ4v) is 2.87. The number of nitrogens with one attached hydrogen (secondary N) is 1. The number of carbonyl (C=O) groups is 1. The molecule has 1 saturated heterocycles. The van der Waals surface area contributed by atoms with E-state index in [0.29, 0.717) is 28.9 Å². The van der Waals surface area contributed by atoms with E-state index >= 15 is 0 Å². The summed E-state index contributed by atoms with van der Waals surface area (Å²) in [6.07, 6.45) is 6.71. The van der Waals surface area contributed by atoms with Gasteiger partial charge in [0.15, 0.2) is 5.82 Å². The van der Waals surface area contributed by atoms with Gasteiger partial charge >= 0.3 is 0 Å². The lowest BCUT2D eigenvalue weighted by atomic mass is 10.1. The summed E-state index contributed by atoms with van der Waals surface area (Å²) in [6, 6.07) is 3.32. The van der Waals surface area contributed by atoms with Crippen molar-refractivity contribution < 1.29 is 9.53 Å². The second-order valence-electron chi connectivity index (χ2n) is 6.39. The number of hydrogen-bond acceptors (Lipinski definition) is 7. The molecule has 0 atom stereocenters. The van der Waals surface area contributed by atoms with Gasteiger partial charge in [-0.15, -0.1) is 0 Å². The molecule has 0 unspecified atom stereocenters. The highest BCUT2D eigenvalue weighted by Crippen LogP contribution is 2.25. The number of aromatic nitrogens is 3. The maximum Gasteiger partial charge on any atom is 0.257 e. The summed E-state index contributed by atoms with van der Waals surface area (Å²) in [6.45, 7) is 1.94. The Labute approximate surface area is 153 Å². The number of piperidine rings is 1. The Hall–Kier alpha value is -2.90. The van der Waals surface area contributed by atoms with Crippen LogP contribution in [0.1, 0.15) is 29.6 Å². The predicted molar refractivity (Wildman–Crippen MR) is 101 cm³/mol. The van der Waals surface area contributed by atoms with E-state index in [1.54, 1.807) is 18.3 Å². The van der Waals surface area contributed by atoms with Gasteiger partial charge in [-0.3, -0.25) is 4.79 Å². The molecular weight excluding hydrogens is 332 g/mol. The smallest absolute Gasteiger partial charge is 0.257 e. The molecule has 0 aromatic carbocycles. The first kappa shape index (κ1) is 17.9. The molecule has 1 aliphatic heterocycles. The zero-order valence-electron chi connectivity index (χ0n) is 15.4. The van der Waals surface area contributed by atoms with Crippen molar-refractivity contribution in [3.05, 3.63) is 30.1 Å². The lowest BCUT2D eigenvalue weighted by Gasteiger charge is -2.28. The minimum Gasteiger partial charge on any atom is -0.481 e. The third-order valence-corrected chi connectivity index (χ3v) is 4.27. The summed E-state index contributed by atoms with van der Waals surface area (Å²) < 4.78 is 5.01. The number of methoxy groups -OCH3 is 1. The Bertz CT molecular complexity index is 757. The molecule has 8 nitrogen and oxygen atoms in total. The van der Waals surface area contributed by atoms with Crippen molar-refractivity contribution in [2.45, 2.75) is 19.3 Å². The Morgan fingerprint density at radius 3 is 2.54 bits per heavy atom. The van der Waals surface area contributed by atoms with Gasteiger partial charge in [0.1, 0.15) is 5.69 Å². The molecule has 138 valence electrons. The fraction of sp³-hybridized carbons (Fsp3) is 0.444. The van der Waals surface area contributed by atoms with Gasteiger partial charge in [0, 0.05) is 39.4 Å². The molecular formula is C18H24N6O2. The topological polar surface area (TPSA) is 83.5 Å². The second-order valence-corrected chi connectivity index (χ2v) is 6.39. The first-order valence-corrected chi connectivity index (χ1v) is 8.69. The van der Waals surface area contributed by atoms with Gasteiger partial charge in [0.25, 0.3) is 5.91 Å². The molecule has 1 aliphatic rings. The highest BCUT2D eigenvalue weighted by atomic mass is 16.5. The van der Waals surface area contributed by atoms with Crippen molar-refractivity contribution in [3.63, 3.8) is 0 Å². The van der Waals surface area contributed by atoms with Crippen molar-refractivity contribution in [3.8, 4) is 5.88 Å². The maximum atomic E-state index is 12.5. The van der Waals surface area contributed by atoms with Crippen LogP contribution in [0.25, 0.3) is 0 Å². The van der Waals surface area contributed by atoms with Crippen molar-refractivity contribution in [2.75, 3.05) is 49.4 Å². The molecule has 0 bridgehead atoms. The molecule has 8 heteroatoms. The Morgan fingerprint density at radius 1 is 1.15 bits per heavy atom. The Kier molecular flexibility index (Phi) is 5.50. The van der Waals surface area contributed by atoms with Crippen molar-refractivity contribution in [1.82, 2.24) is 15.0 Å². The van der Waals surface area contributed by atoms with E-state index < -0.39 is 0 Å². The maximum absolute atomic E-state index is 12.5. The summed E-state index contributed by atoms with van der Waals surface area (Å²) in [5.41, 5.74) is 1.01. The Morgan fingerprint density at radius 2 is 1.92 bits per heavy atom. The number of pyridine rings is 1. The number of carbonyl (C=O) groups excluding carboxylic acids is 1. The van der Waals surface area contributed by atoms with Gasteiger partial charge in [-0.05, 0) is 25.3 Å². The third-order valence-electron chi connectivity index (χ3n) is 4.27. The Balaban J connectivity index is 1.80. The lowest BCUT2D eigenvalue weighted by molar-refractivity contribution is 0.102. The van der Waals surface area contributed by atoms with Gasteiger partial charge in [0.05, 0.1) is 18.9 Å². The molecule has 3 heterocycles. The minimum atomic E-state index is -0.266. The number of hydrogen-bond donors (Lipinski definition) is 1. The lowest BCUT2D eigenvalue weighted by Crippen LogP contribution is -2.31. The summed E-state index contributed by atoms with van der Waals surface area (Å²) in [5.74, 6) is 1.58. The van der Waals surface area contributed by atoms with Crippen LogP contribution >= 0.6 is 0 Å². The summed E-state index contributed by atoms with van der Waals surface area (Å²) in [5, 5.41) is 2.87. The highest BCUT2D eigenvalue weighted by molar-refractivity contribution is 6.05. The quantitative estimate of drug-likeness (QED) is 0.879. The van der Waals surface area contributed by atoms with Crippen LogP contribution in [0.4, 0.5) is 17.5 Å². The van der Waals surface area contributed by atoms with Crippen molar-refractivity contribution in [1.29, 1.82) is 0 Å². The van der Waals surface area contributed by atoms with Crippen molar-refractivity contribution in [2.24, 2.45) is 0 Å².